The van der Waals surface area contributed by atoms with Gasteiger partial charge >= 0.3 is 5.97 Å². The highest BCUT2D eigenvalue weighted by Gasteiger charge is 2.11. The van der Waals surface area contributed by atoms with Crippen molar-refractivity contribution in [2.45, 2.75) is 6.29 Å². The van der Waals surface area contributed by atoms with Gasteiger partial charge in [-0.2, -0.15) is 0 Å². The number of nitrogens with zero attached hydrogens (tertiary/aromatic N) is 1. The van der Waals surface area contributed by atoms with Crippen molar-refractivity contribution in [1.29, 1.82) is 0 Å². The van der Waals surface area contributed by atoms with Gasteiger partial charge in [0.25, 0.3) is 0 Å². The number of aliphatic hydroxyl groups excluding tert-OH is 1. The lowest BCUT2D eigenvalue weighted by Gasteiger charge is -2.20. The first-order valence-corrected chi connectivity index (χ1v) is 5.77. The Morgan fingerprint density at radius 3 is 2.42 bits per heavy atom. The molecule has 1 aromatic carbocycles. The lowest BCUT2D eigenvalue weighted by molar-refractivity contribution is -0.136. The fourth-order valence-corrected chi connectivity index (χ4v) is 1.62. The number of hydrogen-bond donors (Lipinski definition) is 1. The lowest BCUT2D eigenvalue weighted by atomic mass is 10.2. The zero-order valence-corrected chi connectivity index (χ0v) is 11.4. The van der Waals surface area contributed by atoms with Gasteiger partial charge in [0.05, 0.1) is 7.11 Å². The average Bonchev–Trinajstić information content (AvgIpc) is 2.45. The van der Waals surface area contributed by atoms with Gasteiger partial charge in [-0.1, -0.05) is 18.7 Å². The molecule has 0 heterocycles. The Bertz CT molecular complexity index is 441. The molecule has 0 amide bonds. The van der Waals surface area contributed by atoms with Crippen LogP contribution in [0.5, 0.6) is 0 Å². The first-order valence-electron chi connectivity index (χ1n) is 5.77. The van der Waals surface area contributed by atoms with E-state index in [0.29, 0.717) is 17.7 Å². The standard InChI is InChI=1S/C14H19NO4/c1-10(13(16)18-3)9-15(2)12-7-5-11(6-8-12)14(17)19-4/h5-8,14,17H,1,9H2,2-4H3. The van der Waals surface area contributed by atoms with Crippen LogP contribution in [-0.4, -0.2) is 38.9 Å². The largest absolute Gasteiger partial charge is 0.466 e. The Balaban J connectivity index is 2.70. The zero-order valence-electron chi connectivity index (χ0n) is 11.4. The maximum atomic E-state index is 11.3. The Morgan fingerprint density at radius 1 is 1.37 bits per heavy atom. The summed E-state index contributed by atoms with van der Waals surface area (Å²) in [6.45, 7) is 4.05. The lowest BCUT2D eigenvalue weighted by Crippen LogP contribution is -2.23. The molecule has 1 unspecified atom stereocenters. The van der Waals surface area contributed by atoms with Crippen LogP contribution in [0.25, 0.3) is 0 Å². The van der Waals surface area contributed by atoms with Gasteiger partial charge in [0.15, 0.2) is 6.29 Å². The van der Waals surface area contributed by atoms with E-state index in [0.717, 1.165) is 5.69 Å². The molecule has 0 saturated heterocycles. The van der Waals surface area contributed by atoms with Crippen LogP contribution in [0.3, 0.4) is 0 Å². The third-order valence-electron chi connectivity index (χ3n) is 2.74. The second-order valence-corrected chi connectivity index (χ2v) is 4.13. The van der Waals surface area contributed by atoms with Crippen LogP contribution in [0.2, 0.25) is 0 Å². The number of likely N-dealkylation sites (N-methyl/N-ethyl adjacent to an activating group) is 1. The Morgan fingerprint density at radius 2 is 1.95 bits per heavy atom. The van der Waals surface area contributed by atoms with Gasteiger partial charge in [-0.15, -0.1) is 0 Å². The van der Waals surface area contributed by atoms with E-state index in [4.69, 9.17) is 4.74 Å². The highest BCUT2D eigenvalue weighted by atomic mass is 16.6. The van der Waals surface area contributed by atoms with Crippen LogP contribution in [0.4, 0.5) is 5.69 Å². The number of carbonyl (C=O) groups is 1. The van der Waals surface area contributed by atoms with Crippen molar-refractivity contribution in [1.82, 2.24) is 0 Å². The van der Waals surface area contributed by atoms with Gasteiger partial charge in [0.1, 0.15) is 0 Å². The van der Waals surface area contributed by atoms with E-state index in [2.05, 4.69) is 11.3 Å². The number of ether oxygens (including phenoxy) is 2. The first kappa shape index (κ1) is 15.2. The van der Waals surface area contributed by atoms with Crippen LogP contribution in [0.15, 0.2) is 36.4 Å². The van der Waals surface area contributed by atoms with Gasteiger partial charge in [-0.3, -0.25) is 0 Å². The van der Waals surface area contributed by atoms with Crippen LogP contribution >= 0.6 is 0 Å². The smallest absolute Gasteiger partial charge is 0.334 e. The third-order valence-corrected chi connectivity index (χ3v) is 2.74. The maximum absolute atomic E-state index is 11.3. The predicted octanol–water partition coefficient (Wildman–Crippen LogP) is 1.49. The summed E-state index contributed by atoms with van der Waals surface area (Å²) in [5.74, 6) is -0.418. The second kappa shape index (κ2) is 6.92. The van der Waals surface area contributed by atoms with Crippen LogP contribution < -0.4 is 4.90 Å². The molecule has 1 N–H and O–H groups in total. The van der Waals surface area contributed by atoms with Crippen molar-refractivity contribution in [3.63, 3.8) is 0 Å². The molecule has 1 atom stereocenters. The Labute approximate surface area is 113 Å². The minimum absolute atomic E-state index is 0.374. The number of anilines is 1. The fraction of sp³-hybridized carbons (Fsp3) is 0.357. The average molecular weight is 265 g/mol. The monoisotopic (exact) mass is 265 g/mol. The molecule has 19 heavy (non-hydrogen) atoms. The summed E-state index contributed by atoms with van der Waals surface area (Å²) >= 11 is 0. The van der Waals surface area contributed by atoms with E-state index >= 15 is 0 Å². The SMILES string of the molecule is C=C(CN(C)c1ccc(C(O)OC)cc1)C(=O)OC. The van der Waals surface area contributed by atoms with Gasteiger partial charge < -0.3 is 19.5 Å². The van der Waals surface area contributed by atoms with E-state index in [9.17, 15) is 9.90 Å². The highest BCUT2D eigenvalue weighted by molar-refractivity contribution is 5.88. The summed E-state index contributed by atoms with van der Waals surface area (Å²) in [5, 5.41) is 9.50. The third kappa shape index (κ3) is 4.08. The number of rotatable bonds is 6. The Hall–Kier alpha value is -1.85. The number of benzene rings is 1. The highest BCUT2D eigenvalue weighted by Crippen LogP contribution is 2.19. The van der Waals surface area contributed by atoms with Gasteiger partial charge in [0, 0.05) is 37.5 Å². The minimum atomic E-state index is -0.926. The molecule has 0 bridgehead atoms. The molecule has 0 aliphatic carbocycles. The van der Waals surface area contributed by atoms with E-state index in [1.165, 1.54) is 14.2 Å². The number of carbonyl (C=O) groups excluding carboxylic acids is 1. The number of aliphatic hydroxyl groups is 1. The van der Waals surface area contributed by atoms with Crippen LogP contribution in [0, 0.1) is 0 Å². The van der Waals surface area contributed by atoms with Crippen molar-refractivity contribution in [3.8, 4) is 0 Å². The summed E-state index contributed by atoms with van der Waals surface area (Å²) in [4.78, 5) is 13.1. The fourth-order valence-electron chi connectivity index (χ4n) is 1.62. The second-order valence-electron chi connectivity index (χ2n) is 4.13. The van der Waals surface area contributed by atoms with Crippen molar-refractivity contribution in [2.24, 2.45) is 0 Å². The topological polar surface area (TPSA) is 59.0 Å². The molecule has 0 fully saturated rings. The van der Waals surface area contributed by atoms with Crippen molar-refractivity contribution < 1.29 is 19.4 Å². The summed E-state index contributed by atoms with van der Waals surface area (Å²) < 4.78 is 9.41. The minimum Gasteiger partial charge on any atom is -0.466 e. The number of esters is 1. The quantitative estimate of drug-likeness (QED) is 0.480. The number of hydrogen-bond acceptors (Lipinski definition) is 5. The van der Waals surface area contributed by atoms with Crippen molar-refractivity contribution in [2.75, 3.05) is 32.7 Å². The summed E-state index contributed by atoms with van der Waals surface area (Å²) in [5.41, 5.74) is 1.95. The van der Waals surface area contributed by atoms with Gasteiger partial charge in [0.2, 0.25) is 0 Å². The molecule has 0 aromatic heterocycles. The summed E-state index contributed by atoms with van der Waals surface area (Å²) in [7, 11) is 4.61. The molecule has 104 valence electrons. The first-order chi connectivity index (χ1) is 8.99. The molecular weight excluding hydrogens is 246 g/mol. The maximum Gasteiger partial charge on any atom is 0.334 e. The van der Waals surface area contributed by atoms with Gasteiger partial charge in [-0.25, -0.2) is 4.79 Å². The van der Waals surface area contributed by atoms with Crippen LogP contribution in [0.1, 0.15) is 11.9 Å². The number of methoxy groups -OCH3 is 2. The molecule has 0 spiro atoms. The molecule has 0 aliphatic heterocycles. The summed E-state index contributed by atoms with van der Waals surface area (Å²) in [6, 6.07) is 7.20. The molecule has 0 radical (unpaired) electrons. The molecular formula is C14H19NO4. The molecule has 1 aromatic rings. The van der Waals surface area contributed by atoms with E-state index in [1.807, 2.05) is 24.1 Å². The predicted molar refractivity (Wildman–Crippen MR) is 72.8 cm³/mol. The van der Waals surface area contributed by atoms with Gasteiger partial charge in [-0.05, 0) is 12.1 Å². The van der Waals surface area contributed by atoms with E-state index in [-0.39, 0.29) is 0 Å². The summed E-state index contributed by atoms with van der Waals surface area (Å²) in [6.07, 6.45) is -0.926. The normalized spacial score (nSPS) is 11.8. The molecule has 5 nitrogen and oxygen atoms in total. The molecule has 0 aliphatic rings. The van der Waals surface area contributed by atoms with E-state index in [1.54, 1.807) is 12.1 Å². The molecule has 0 saturated carbocycles. The Kier molecular flexibility index (Phi) is 5.54. The zero-order chi connectivity index (χ0) is 14.4. The molecule has 5 heteroatoms. The van der Waals surface area contributed by atoms with Crippen LogP contribution in [-0.2, 0) is 14.3 Å². The van der Waals surface area contributed by atoms with E-state index < -0.39 is 12.3 Å². The molecule has 1 rings (SSSR count). The van der Waals surface area contributed by atoms with Crippen molar-refractivity contribution in [3.05, 3.63) is 42.0 Å². The van der Waals surface area contributed by atoms with Crippen molar-refractivity contribution >= 4 is 11.7 Å².